The van der Waals surface area contributed by atoms with Crippen molar-refractivity contribution in [1.82, 2.24) is 25.9 Å². The molecule has 22 heavy (non-hydrogen) atoms. The van der Waals surface area contributed by atoms with Gasteiger partial charge in [0.2, 0.25) is 0 Å². The Labute approximate surface area is 127 Å². The van der Waals surface area contributed by atoms with E-state index < -0.39 is 0 Å². The summed E-state index contributed by atoms with van der Waals surface area (Å²) in [6.07, 6.45) is 0.455. The molecule has 1 aromatic rings. The van der Waals surface area contributed by atoms with Crippen molar-refractivity contribution in [3.8, 4) is 0 Å². The Bertz CT molecular complexity index is 692. The number of hydrogen-bond donors (Lipinski definition) is 4. The van der Waals surface area contributed by atoms with E-state index in [2.05, 4.69) is 25.9 Å². The lowest BCUT2D eigenvalue weighted by Crippen LogP contribution is -2.50. The molecule has 0 aromatic carbocycles. The monoisotopic (exact) mass is 305 g/mol. The zero-order valence-corrected chi connectivity index (χ0v) is 12.7. The molecule has 1 aromatic heterocycles. The van der Waals surface area contributed by atoms with Gasteiger partial charge in [0.1, 0.15) is 5.82 Å². The fraction of sp³-hybridized carbons (Fsp3) is 0.429. The first-order valence-corrected chi connectivity index (χ1v) is 7.00. The highest BCUT2D eigenvalue weighted by molar-refractivity contribution is 5.98. The maximum Gasteiger partial charge on any atom is 0.319 e. The summed E-state index contributed by atoms with van der Waals surface area (Å²) < 4.78 is 0. The molecule has 1 aliphatic rings. The molecule has 2 heterocycles. The Balaban J connectivity index is 1.97. The number of allylic oxidation sites excluding steroid dienone is 1. The van der Waals surface area contributed by atoms with Crippen LogP contribution in [-0.2, 0) is 11.2 Å². The van der Waals surface area contributed by atoms with Gasteiger partial charge < -0.3 is 20.9 Å². The minimum Gasteiger partial charge on any atom is -0.352 e. The molecule has 118 valence electrons. The van der Waals surface area contributed by atoms with Gasteiger partial charge >= 0.3 is 6.03 Å². The summed E-state index contributed by atoms with van der Waals surface area (Å²) in [5.41, 5.74) is 1.45. The first-order chi connectivity index (χ1) is 10.4. The maximum atomic E-state index is 12.2. The molecule has 8 nitrogen and oxygen atoms in total. The normalized spacial score (nSPS) is 17.8. The van der Waals surface area contributed by atoms with Crippen LogP contribution in [0, 0.1) is 6.92 Å². The van der Waals surface area contributed by atoms with Crippen LogP contribution >= 0.6 is 0 Å². The van der Waals surface area contributed by atoms with Crippen molar-refractivity contribution in [3.05, 3.63) is 39.2 Å². The first kappa shape index (κ1) is 15.7. The summed E-state index contributed by atoms with van der Waals surface area (Å²) in [4.78, 5) is 41.6. The zero-order valence-electron chi connectivity index (χ0n) is 12.7. The Hall–Kier alpha value is -2.64. The van der Waals surface area contributed by atoms with E-state index in [0.29, 0.717) is 35.8 Å². The van der Waals surface area contributed by atoms with E-state index in [1.54, 1.807) is 20.8 Å². The predicted molar refractivity (Wildman–Crippen MR) is 80.1 cm³/mol. The van der Waals surface area contributed by atoms with E-state index in [4.69, 9.17) is 0 Å². The van der Waals surface area contributed by atoms with Crippen molar-refractivity contribution < 1.29 is 9.59 Å². The van der Waals surface area contributed by atoms with Crippen LogP contribution in [0.15, 0.2) is 22.1 Å². The molecule has 0 unspecified atom stereocenters. The predicted octanol–water partition coefficient (Wildman–Crippen LogP) is -0.288. The lowest BCUT2D eigenvalue weighted by atomic mass is 10.0. The fourth-order valence-electron chi connectivity index (χ4n) is 2.40. The molecule has 0 bridgehead atoms. The topological polar surface area (TPSA) is 116 Å². The number of nitrogens with zero attached hydrogens (tertiary/aromatic N) is 1. The van der Waals surface area contributed by atoms with E-state index >= 15 is 0 Å². The largest absolute Gasteiger partial charge is 0.352 e. The number of hydrogen-bond acceptors (Lipinski definition) is 4. The highest BCUT2D eigenvalue weighted by Gasteiger charge is 2.26. The van der Waals surface area contributed by atoms with E-state index in [1.165, 1.54) is 6.07 Å². The maximum absolute atomic E-state index is 12.2. The second-order valence-electron chi connectivity index (χ2n) is 5.19. The van der Waals surface area contributed by atoms with Gasteiger partial charge in [-0.25, -0.2) is 9.78 Å². The quantitative estimate of drug-likeness (QED) is 0.612. The number of carbonyl (C=O) groups is 2. The van der Waals surface area contributed by atoms with Gasteiger partial charge in [-0.1, -0.05) is 0 Å². The smallest absolute Gasteiger partial charge is 0.319 e. The van der Waals surface area contributed by atoms with Gasteiger partial charge in [-0.2, -0.15) is 0 Å². The van der Waals surface area contributed by atoms with Crippen LogP contribution in [-0.4, -0.2) is 34.5 Å². The van der Waals surface area contributed by atoms with Crippen LogP contribution in [0.3, 0.4) is 0 Å². The van der Waals surface area contributed by atoms with Crippen LogP contribution < -0.4 is 21.5 Å². The van der Waals surface area contributed by atoms with Gasteiger partial charge in [0.15, 0.2) is 0 Å². The van der Waals surface area contributed by atoms with Crippen molar-refractivity contribution >= 4 is 11.9 Å². The third kappa shape index (κ3) is 3.72. The molecule has 4 N–H and O–H groups in total. The van der Waals surface area contributed by atoms with E-state index in [9.17, 15) is 14.4 Å². The highest BCUT2D eigenvalue weighted by atomic mass is 16.2. The Morgan fingerprint density at radius 2 is 2.09 bits per heavy atom. The van der Waals surface area contributed by atoms with Crippen molar-refractivity contribution in [2.24, 2.45) is 0 Å². The summed E-state index contributed by atoms with van der Waals surface area (Å²) in [5, 5.41) is 7.99. The number of aromatic amines is 1. The number of H-pyrrole nitrogens is 1. The summed E-state index contributed by atoms with van der Waals surface area (Å²) in [6, 6.07) is 0.743. The molecular formula is C14H19N5O3. The second-order valence-corrected chi connectivity index (χ2v) is 5.19. The summed E-state index contributed by atoms with van der Waals surface area (Å²) in [6.45, 7) is 5.49. The third-order valence-corrected chi connectivity index (χ3v) is 3.31. The molecule has 0 spiro atoms. The van der Waals surface area contributed by atoms with Crippen LogP contribution in [0.5, 0.6) is 0 Å². The number of aryl methyl sites for hydroxylation is 1. The van der Waals surface area contributed by atoms with Crippen LogP contribution in [0.25, 0.3) is 0 Å². The summed E-state index contributed by atoms with van der Waals surface area (Å²) >= 11 is 0. The Morgan fingerprint density at radius 3 is 2.73 bits per heavy atom. The lowest BCUT2D eigenvalue weighted by Gasteiger charge is -2.25. The van der Waals surface area contributed by atoms with Crippen molar-refractivity contribution in [1.29, 1.82) is 0 Å². The van der Waals surface area contributed by atoms with E-state index in [-0.39, 0.29) is 23.5 Å². The highest BCUT2D eigenvalue weighted by Crippen LogP contribution is 2.11. The molecule has 8 heteroatoms. The Kier molecular flexibility index (Phi) is 4.59. The standard InChI is InChI=1S/C14H19N5O3/c1-7-12(8(2)17-14(22)16-7)13(21)15-5-4-10-6-11(20)19-9(3)18-10/h6-7H,4-5H2,1-3H3,(H,15,21)(H2,16,17,22)(H,18,19,20)/t7-/m1/s1. The molecular weight excluding hydrogens is 286 g/mol. The summed E-state index contributed by atoms with van der Waals surface area (Å²) in [5.74, 6) is 0.291. The average Bonchev–Trinajstić information content (AvgIpc) is 2.36. The van der Waals surface area contributed by atoms with Crippen molar-refractivity contribution in [3.63, 3.8) is 0 Å². The fourth-order valence-corrected chi connectivity index (χ4v) is 2.40. The number of amides is 3. The minimum absolute atomic E-state index is 0.208. The number of urea groups is 1. The molecule has 0 radical (unpaired) electrons. The van der Waals surface area contributed by atoms with Crippen LogP contribution in [0.2, 0.25) is 0 Å². The van der Waals surface area contributed by atoms with Gasteiger partial charge in [0.25, 0.3) is 11.5 Å². The van der Waals surface area contributed by atoms with Gasteiger partial charge in [-0.3, -0.25) is 9.59 Å². The average molecular weight is 305 g/mol. The molecule has 0 saturated heterocycles. The number of rotatable bonds is 4. The van der Waals surface area contributed by atoms with Gasteiger partial charge in [0.05, 0.1) is 11.6 Å². The van der Waals surface area contributed by atoms with Crippen molar-refractivity contribution in [2.45, 2.75) is 33.2 Å². The first-order valence-electron chi connectivity index (χ1n) is 7.00. The molecule has 1 atom stereocenters. The van der Waals surface area contributed by atoms with Crippen molar-refractivity contribution in [2.75, 3.05) is 6.54 Å². The molecule has 2 rings (SSSR count). The number of aromatic nitrogens is 2. The zero-order chi connectivity index (χ0) is 16.3. The molecule has 1 aliphatic heterocycles. The number of carbonyl (C=O) groups excluding carboxylic acids is 2. The number of nitrogens with one attached hydrogen (secondary N) is 4. The Morgan fingerprint density at radius 1 is 1.36 bits per heavy atom. The molecule has 0 saturated carbocycles. The van der Waals surface area contributed by atoms with Crippen LogP contribution in [0.4, 0.5) is 4.79 Å². The van der Waals surface area contributed by atoms with E-state index in [0.717, 1.165) is 0 Å². The molecule has 3 amide bonds. The lowest BCUT2D eigenvalue weighted by molar-refractivity contribution is -0.117. The molecule has 0 aliphatic carbocycles. The minimum atomic E-state index is -0.353. The molecule has 0 fully saturated rings. The SMILES string of the molecule is CC1=C(C(=O)NCCc2cc(=O)[nH]c(C)n2)[C@@H](C)NC(=O)N1. The summed E-state index contributed by atoms with van der Waals surface area (Å²) in [7, 11) is 0. The van der Waals surface area contributed by atoms with Crippen LogP contribution in [0.1, 0.15) is 25.4 Å². The third-order valence-electron chi connectivity index (χ3n) is 3.31. The van der Waals surface area contributed by atoms with E-state index in [1.807, 2.05) is 0 Å². The van der Waals surface area contributed by atoms with Gasteiger partial charge in [0, 0.05) is 30.4 Å². The second kappa shape index (κ2) is 6.42. The van der Waals surface area contributed by atoms with Gasteiger partial charge in [-0.05, 0) is 20.8 Å². The van der Waals surface area contributed by atoms with Gasteiger partial charge in [-0.15, -0.1) is 0 Å².